The number of H-pyrrole nitrogens is 1. The maximum Gasteiger partial charge on any atom is 0.334 e. The smallest absolute Gasteiger partial charge is 0.295 e. The van der Waals surface area contributed by atoms with Gasteiger partial charge in [0.1, 0.15) is 0 Å². The van der Waals surface area contributed by atoms with Crippen molar-refractivity contribution < 1.29 is 4.39 Å². The number of halogens is 2. The molecule has 2 aromatic rings. The van der Waals surface area contributed by atoms with Crippen LogP contribution < -0.4 is 11.2 Å². The van der Waals surface area contributed by atoms with Gasteiger partial charge in [0.25, 0.3) is 5.56 Å². The van der Waals surface area contributed by atoms with Gasteiger partial charge in [-0.15, -0.1) is 11.8 Å². The number of para-hydroxylation sites is 1. The van der Waals surface area contributed by atoms with Crippen LogP contribution in [0.2, 0.25) is 5.15 Å². The third kappa shape index (κ3) is 2.09. The van der Waals surface area contributed by atoms with E-state index in [0.29, 0.717) is 10.6 Å². The SMILES string of the molecule is CSc1ccccc1-n1c(=O)[nH]c(Cl)c(F)c1=O. The Bertz CT molecular complexity index is 711. The minimum atomic E-state index is -1.17. The summed E-state index contributed by atoms with van der Waals surface area (Å²) in [4.78, 5) is 26.3. The molecule has 0 amide bonds. The molecule has 2 rings (SSSR count). The zero-order valence-electron chi connectivity index (χ0n) is 9.24. The molecular formula is C11H8ClFN2O2S. The first-order chi connectivity index (χ1) is 8.56. The Balaban J connectivity index is 2.84. The predicted octanol–water partition coefficient (Wildman–Crippen LogP) is 2.04. The molecule has 0 saturated carbocycles. The molecule has 7 heteroatoms. The van der Waals surface area contributed by atoms with Crippen LogP contribution in [-0.2, 0) is 0 Å². The van der Waals surface area contributed by atoms with Gasteiger partial charge in [-0.05, 0) is 18.4 Å². The standard InChI is InChI=1S/C11H8ClFN2O2S/c1-18-7-5-3-2-4-6(7)15-10(16)8(13)9(12)14-11(15)17/h2-5H,1H3,(H,14,17). The second-order valence-corrected chi connectivity index (χ2v) is 4.60. The van der Waals surface area contributed by atoms with Gasteiger partial charge in [-0.2, -0.15) is 4.39 Å². The van der Waals surface area contributed by atoms with Crippen molar-refractivity contribution in [2.45, 2.75) is 4.90 Å². The summed E-state index contributed by atoms with van der Waals surface area (Å²) < 4.78 is 14.2. The van der Waals surface area contributed by atoms with E-state index in [1.165, 1.54) is 11.8 Å². The average Bonchev–Trinajstić information content (AvgIpc) is 2.37. The van der Waals surface area contributed by atoms with Crippen molar-refractivity contribution in [2.24, 2.45) is 0 Å². The molecule has 0 atom stereocenters. The van der Waals surface area contributed by atoms with Gasteiger partial charge in [-0.3, -0.25) is 9.78 Å². The minimum absolute atomic E-state index is 0.326. The normalized spacial score (nSPS) is 10.6. The summed E-state index contributed by atoms with van der Waals surface area (Å²) in [5, 5.41) is -0.581. The van der Waals surface area contributed by atoms with Gasteiger partial charge in [0.15, 0.2) is 5.15 Å². The number of rotatable bonds is 2. The monoisotopic (exact) mass is 286 g/mol. The first kappa shape index (κ1) is 12.9. The second-order valence-electron chi connectivity index (χ2n) is 3.37. The van der Waals surface area contributed by atoms with E-state index < -0.39 is 22.2 Å². The Morgan fingerprint density at radius 3 is 2.67 bits per heavy atom. The van der Waals surface area contributed by atoms with E-state index in [1.54, 1.807) is 30.5 Å². The summed E-state index contributed by atoms with van der Waals surface area (Å²) in [5.74, 6) is -1.17. The third-order valence-electron chi connectivity index (χ3n) is 2.33. The van der Waals surface area contributed by atoms with E-state index in [2.05, 4.69) is 4.98 Å². The van der Waals surface area contributed by atoms with E-state index in [0.717, 1.165) is 4.57 Å². The molecule has 1 aromatic carbocycles. The van der Waals surface area contributed by atoms with Gasteiger partial charge in [-0.1, -0.05) is 23.7 Å². The maximum absolute atomic E-state index is 13.5. The summed E-state index contributed by atoms with van der Waals surface area (Å²) in [6.07, 6.45) is 1.80. The summed E-state index contributed by atoms with van der Waals surface area (Å²) in [6, 6.07) is 6.72. The summed E-state index contributed by atoms with van der Waals surface area (Å²) in [5.41, 5.74) is -1.51. The van der Waals surface area contributed by atoms with Crippen molar-refractivity contribution in [3.8, 4) is 5.69 Å². The Morgan fingerprint density at radius 2 is 2.00 bits per heavy atom. The highest BCUT2D eigenvalue weighted by molar-refractivity contribution is 7.98. The maximum atomic E-state index is 13.5. The molecule has 1 heterocycles. The van der Waals surface area contributed by atoms with Crippen LogP contribution in [0.4, 0.5) is 4.39 Å². The summed E-state index contributed by atoms with van der Waals surface area (Å²) >= 11 is 6.75. The van der Waals surface area contributed by atoms with Gasteiger partial charge >= 0.3 is 5.69 Å². The van der Waals surface area contributed by atoms with Crippen LogP contribution in [0.25, 0.3) is 5.69 Å². The van der Waals surface area contributed by atoms with Gasteiger partial charge in [0.2, 0.25) is 5.82 Å². The van der Waals surface area contributed by atoms with Gasteiger partial charge in [0.05, 0.1) is 5.69 Å². The quantitative estimate of drug-likeness (QED) is 0.679. The fourth-order valence-corrected chi connectivity index (χ4v) is 2.27. The molecular weight excluding hydrogens is 279 g/mol. The van der Waals surface area contributed by atoms with E-state index >= 15 is 0 Å². The number of aromatic nitrogens is 2. The molecule has 1 N–H and O–H groups in total. The van der Waals surface area contributed by atoms with Crippen molar-refractivity contribution >= 4 is 23.4 Å². The molecule has 0 radical (unpaired) electrons. The lowest BCUT2D eigenvalue weighted by atomic mass is 10.3. The van der Waals surface area contributed by atoms with E-state index in [-0.39, 0.29) is 0 Å². The lowest BCUT2D eigenvalue weighted by Crippen LogP contribution is -2.36. The molecule has 18 heavy (non-hydrogen) atoms. The highest BCUT2D eigenvalue weighted by Crippen LogP contribution is 2.21. The summed E-state index contributed by atoms with van der Waals surface area (Å²) in [6.45, 7) is 0. The average molecular weight is 287 g/mol. The Labute approximate surface area is 110 Å². The zero-order valence-corrected chi connectivity index (χ0v) is 10.8. The van der Waals surface area contributed by atoms with Gasteiger partial charge in [-0.25, -0.2) is 9.36 Å². The van der Waals surface area contributed by atoms with Crippen LogP contribution in [0.3, 0.4) is 0 Å². The van der Waals surface area contributed by atoms with Crippen LogP contribution in [0, 0.1) is 5.82 Å². The molecule has 4 nitrogen and oxygen atoms in total. The van der Waals surface area contributed by atoms with Crippen LogP contribution >= 0.6 is 23.4 Å². The molecule has 1 aromatic heterocycles. The van der Waals surface area contributed by atoms with Crippen LogP contribution in [0.15, 0.2) is 38.8 Å². The van der Waals surface area contributed by atoms with Crippen molar-refractivity contribution in [3.05, 3.63) is 56.1 Å². The number of nitrogens with one attached hydrogen (secondary N) is 1. The molecule has 0 fully saturated rings. The predicted molar refractivity (Wildman–Crippen MR) is 69.4 cm³/mol. The molecule has 94 valence electrons. The van der Waals surface area contributed by atoms with Crippen LogP contribution in [-0.4, -0.2) is 15.8 Å². The van der Waals surface area contributed by atoms with Crippen molar-refractivity contribution in [3.63, 3.8) is 0 Å². The van der Waals surface area contributed by atoms with E-state index in [9.17, 15) is 14.0 Å². The lowest BCUT2D eigenvalue weighted by molar-refractivity contribution is 0.583. The van der Waals surface area contributed by atoms with Crippen LogP contribution in [0.5, 0.6) is 0 Å². The third-order valence-corrected chi connectivity index (χ3v) is 3.37. The number of thioether (sulfide) groups is 1. The van der Waals surface area contributed by atoms with E-state index in [4.69, 9.17) is 11.6 Å². The number of benzene rings is 1. The number of hydrogen-bond acceptors (Lipinski definition) is 3. The van der Waals surface area contributed by atoms with Gasteiger partial charge < -0.3 is 0 Å². The highest BCUT2D eigenvalue weighted by atomic mass is 35.5. The van der Waals surface area contributed by atoms with Gasteiger partial charge in [0, 0.05) is 4.90 Å². The molecule has 0 unspecified atom stereocenters. The first-order valence-electron chi connectivity index (χ1n) is 4.90. The molecule has 0 saturated heterocycles. The fraction of sp³-hybridized carbons (Fsp3) is 0.0909. The second kappa shape index (κ2) is 4.99. The van der Waals surface area contributed by atoms with Crippen molar-refractivity contribution in [1.82, 2.24) is 9.55 Å². The largest absolute Gasteiger partial charge is 0.334 e. The Morgan fingerprint density at radius 1 is 1.33 bits per heavy atom. The Kier molecular flexibility index (Phi) is 3.58. The minimum Gasteiger partial charge on any atom is -0.295 e. The topological polar surface area (TPSA) is 54.9 Å². The fourth-order valence-electron chi connectivity index (χ4n) is 1.52. The highest BCUT2D eigenvalue weighted by Gasteiger charge is 2.15. The summed E-state index contributed by atoms with van der Waals surface area (Å²) in [7, 11) is 0. The lowest BCUT2D eigenvalue weighted by Gasteiger charge is -2.09. The number of hydrogen-bond donors (Lipinski definition) is 1. The zero-order chi connectivity index (χ0) is 13.3. The molecule has 0 aliphatic heterocycles. The van der Waals surface area contributed by atoms with Crippen molar-refractivity contribution in [1.29, 1.82) is 0 Å². The molecule has 0 spiro atoms. The number of nitrogens with zero attached hydrogens (tertiary/aromatic N) is 1. The molecule has 0 aliphatic carbocycles. The molecule has 0 bridgehead atoms. The number of aromatic amines is 1. The van der Waals surface area contributed by atoms with Crippen molar-refractivity contribution in [2.75, 3.05) is 6.26 Å². The first-order valence-corrected chi connectivity index (χ1v) is 6.50. The van der Waals surface area contributed by atoms with E-state index in [1.807, 2.05) is 0 Å². The van der Waals surface area contributed by atoms with Crippen LogP contribution in [0.1, 0.15) is 0 Å². The molecule has 0 aliphatic rings. The Hall–Kier alpha value is -1.53.